The average Bonchev–Trinajstić information content (AvgIpc) is 3.47. The molecule has 6 rings (SSSR count). The number of fused-ring (bicyclic) bond motifs is 4. The van der Waals surface area contributed by atoms with E-state index in [-0.39, 0.29) is 68.3 Å². The van der Waals surface area contributed by atoms with Crippen molar-refractivity contribution in [2.75, 3.05) is 0 Å². The van der Waals surface area contributed by atoms with E-state index in [4.69, 9.17) is 0 Å². The van der Waals surface area contributed by atoms with Crippen LogP contribution in [-0.4, -0.2) is 0 Å². The summed E-state index contributed by atoms with van der Waals surface area (Å²) < 4.78 is 0. The summed E-state index contributed by atoms with van der Waals surface area (Å²) in [6.07, 6.45) is 8.92. The van der Waals surface area contributed by atoms with E-state index in [1.807, 2.05) is 0 Å². The van der Waals surface area contributed by atoms with Crippen LogP contribution in [0.25, 0.3) is 17.2 Å². The van der Waals surface area contributed by atoms with Crippen LogP contribution in [0.5, 0.6) is 0 Å². The molecule has 0 saturated carbocycles. The van der Waals surface area contributed by atoms with Crippen LogP contribution in [0, 0.1) is 6.92 Å². The van der Waals surface area contributed by atoms with E-state index in [2.05, 4.69) is 129 Å². The summed E-state index contributed by atoms with van der Waals surface area (Å²) in [7, 11) is 0. The number of benzene rings is 4. The second-order valence-electron chi connectivity index (χ2n) is 9.76. The van der Waals surface area contributed by atoms with Crippen LogP contribution in [0.1, 0.15) is 58.1 Å². The topological polar surface area (TPSA) is 0 Å². The molecule has 0 radical (unpaired) electrons. The maximum Gasteiger partial charge on any atom is 2.00 e. The zero-order valence-corrected chi connectivity index (χ0v) is 25.0. The van der Waals surface area contributed by atoms with E-state index in [1.165, 1.54) is 44.5 Å². The quantitative estimate of drug-likeness (QED) is 0.299. The second-order valence-corrected chi connectivity index (χ2v) is 9.76. The summed E-state index contributed by atoms with van der Waals surface area (Å²) in [5, 5.41) is 0. The Bertz CT molecular complexity index is 1410. The van der Waals surface area contributed by atoms with E-state index in [9.17, 15) is 0 Å². The fourth-order valence-corrected chi connectivity index (χ4v) is 6.76. The summed E-state index contributed by atoms with van der Waals surface area (Å²) in [5.74, 6) is 0.553. The summed E-state index contributed by atoms with van der Waals surface area (Å²) >= 11 is 0. The van der Waals surface area contributed by atoms with Gasteiger partial charge < -0.3 is 24.8 Å². The minimum absolute atomic E-state index is 0. The molecule has 37 heavy (non-hydrogen) atoms. The molecule has 0 spiro atoms. The van der Waals surface area contributed by atoms with Crippen LogP contribution in [0.15, 0.2) is 116 Å². The first-order valence-corrected chi connectivity index (χ1v) is 12.4. The van der Waals surface area contributed by atoms with Gasteiger partial charge in [0.15, 0.2) is 0 Å². The zero-order chi connectivity index (χ0) is 23.1. The van der Waals surface area contributed by atoms with Gasteiger partial charge in [0.25, 0.3) is 0 Å². The van der Waals surface area contributed by atoms with Crippen LogP contribution >= 0.6 is 0 Å². The monoisotopic (exact) mass is 598 g/mol. The molecule has 0 heterocycles. The van der Waals surface area contributed by atoms with Gasteiger partial charge in [-0.25, -0.2) is 0 Å². The van der Waals surface area contributed by atoms with Crippen LogP contribution in [0.2, 0.25) is 0 Å². The molecule has 0 N–H and O–H groups in total. The Morgan fingerprint density at radius 2 is 1.41 bits per heavy atom. The minimum atomic E-state index is -0.131. The Kier molecular flexibility index (Phi) is 9.63. The predicted octanol–water partition coefficient (Wildman–Crippen LogP) is 2.83. The molecule has 0 saturated heterocycles. The molecule has 0 aromatic heterocycles. The zero-order valence-electron chi connectivity index (χ0n) is 21.0. The fourth-order valence-electron chi connectivity index (χ4n) is 6.76. The standard InChI is InChI=1S/C34H30.2ClH.Zr/c1-3-4-23-34(26-15-6-5-7-16-26,31-22-21-25-14-8-9-17-27(25)31)33-29-19-11-10-18-28(29)32-24(2)13-12-20-30(32)33;;;/h3,5-22,31,33H,1,4,23H2,2H3;2*1H;/q;;;+2/p-2. The van der Waals surface area contributed by atoms with Gasteiger partial charge in [-0.2, -0.15) is 0 Å². The maximum atomic E-state index is 4.14. The molecular formula is C34H30Cl2Zr. The third-order valence-electron chi connectivity index (χ3n) is 8.10. The molecule has 2 aliphatic rings. The van der Waals surface area contributed by atoms with Gasteiger partial charge in [0.05, 0.1) is 0 Å². The molecule has 4 aromatic carbocycles. The van der Waals surface area contributed by atoms with E-state index in [0.29, 0.717) is 0 Å². The number of aryl methyl sites for hydroxylation is 1. The van der Waals surface area contributed by atoms with Crippen molar-refractivity contribution in [1.29, 1.82) is 0 Å². The first kappa shape index (κ1) is 29.4. The molecule has 0 nitrogen and oxygen atoms in total. The third-order valence-corrected chi connectivity index (χ3v) is 8.10. The van der Waals surface area contributed by atoms with Crippen LogP contribution in [0.4, 0.5) is 0 Å². The van der Waals surface area contributed by atoms with E-state index in [1.54, 1.807) is 0 Å². The molecule has 3 unspecified atom stereocenters. The summed E-state index contributed by atoms with van der Waals surface area (Å²) in [6, 6.07) is 36.2. The van der Waals surface area contributed by atoms with E-state index >= 15 is 0 Å². The van der Waals surface area contributed by atoms with Gasteiger partial charge in [-0.15, -0.1) is 6.58 Å². The van der Waals surface area contributed by atoms with Crippen molar-refractivity contribution in [2.45, 2.75) is 37.0 Å². The Morgan fingerprint density at radius 3 is 2.16 bits per heavy atom. The molecule has 184 valence electrons. The van der Waals surface area contributed by atoms with Crippen molar-refractivity contribution in [3.05, 3.63) is 149 Å². The second kappa shape index (κ2) is 12.1. The number of halogens is 2. The minimum Gasteiger partial charge on any atom is -1.00 e. The molecular weight excluding hydrogens is 571 g/mol. The van der Waals surface area contributed by atoms with Crippen molar-refractivity contribution in [1.82, 2.24) is 0 Å². The van der Waals surface area contributed by atoms with Gasteiger partial charge in [0.1, 0.15) is 0 Å². The van der Waals surface area contributed by atoms with Crippen molar-refractivity contribution in [3.63, 3.8) is 0 Å². The van der Waals surface area contributed by atoms with Gasteiger partial charge >= 0.3 is 26.2 Å². The van der Waals surface area contributed by atoms with E-state index < -0.39 is 0 Å². The molecule has 2 aliphatic carbocycles. The van der Waals surface area contributed by atoms with Crippen LogP contribution in [-0.2, 0) is 31.6 Å². The number of rotatable bonds is 6. The summed E-state index contributed by atoms with van der Waals surface area (Å²) in [6.45, 7) is 6.40. The van der Waals surface area contributed by atoms with Crippen LogP contribution in [0.3, 0.4) is 0 Å². The maximum absolute atomic E-state index is 4.14. The normalized spacial score (nSPS) is 17.6. The Balaban J connectivity index is 0.00000127. The SMILES string of the molecule is C=CCCC(c1ccccc1)(C1C=Cc2ccccc21)C1c2ccccc2-c2c(C)cccc21.[Cl-].[Cl-].[Zr+2]. The molecule has 0 fully saturated rings. The third kappa shape index (κ3) is 4.65. The Hall–Kier alpha value is -2.18. The Labute approximate surface area is 252 Å². The van der Waals surface area contributed by atoms with Gasteiger partial charge in [-0.05, 0) is 64.3 Å². The van der Waals surface area contributed by atoms with Crippen LogP contribution < -0.4 is 24.8 Å². The molecule has 0 aliphatic heterocycles. The molecule has 3 atom stereocenters. The van der Waals surface area contributed by atoms with Gasteiger partial charge in [-0.3, -0.25) is 0 Å². The average molecular weight is 601 g/mol. The van der Waals surface area contributed by atoms with Crippen molar-refractivity contribution in [3.8, 4) is 11.1 Å². The molecule has 4 aromatic rings. The predicted molar refractivity (Wildman–Crippen MR) is 144 cm³/mol. The van der Waals surface area contributed by atoms with Gasteiger partial charge in [0, 0.05) is 17.3 Å². The van der Waals surface area contributed by atoms with Gasteiger partial charge in [-0.1, -0.05) is 115 Å². The van der Waals surface area contributed by atoms with Crippen molar-refractivity contribution < 1.29 is 51.0 Å². The fraction of sp³-hybridized carbons (Fsp3) is 0.176. The van der Waals surface area contributed by atoms with Gasteiger partial charge in [0.2, 0.25) is 0 Å². The number of hydrogen-bond donors (Lipinski definition) is 0. The number of allylic oxidation sites excluding steroid dienone is 2. The van der Waals surface area contributed by atoms with E-state index in [0.717, 1.165) is 12.8 Å². The van der Waals surface area contributed by atoms with Crippen molar-refractivity contribution >= 4 is 6.08 Å². The summed E-state index contributed by atoms with van der Waals surface area (Å²) in [4.78, 5) is 0. The molecule has 0 bridgehead atoms. The number of hydrogen-bond acceptors (Lipinski definition) is 0. The Morgan fingerprint density at radius 1 is 0.757 bits per heavy atom. The largest absolute Gasteiger partial charge is 2.00 e. The van der Waals surface area contributed by atoms with Crippen molar-refractivity contribution in [2.24, 2.45) is 0 Å². The smallest absolute Gasteiger partial charge is 1.00 e. The molecule has 0 amide bonds. The first-order chi connectivity index (χ1) is 16.8. The summed E-state index contributed by atoms with van der Waals surface area (Å²) in [5.41, 5.74) is 11.2. The molecule has 3 heteroatoms. The first-order valence-electron chi connectivity index (χ1n) is 12.4.